The third kappa shape index (κ3) is 5.92. The van der Waals surface area contributed by atoms with Gasteiger partial charge in [-0.05, 0) is 29.3 Å². The molecule has 4 rings (SSSR count). The fraction of sp³-hybridized carbons (Fsp3) is 0.154. The Balaban J connectivity index is 1.50. The second-order valence-corrected chi connectivity index (χ2v) is 8.98. The highest BCUT2D eigenvalue weighted by Crippen LogP contribution is 2.26. The number of benzene rings is 3. The van der Waals surface area contributed by atoms with Gasteiger partial charge in [0.05, 0.1) is 11.4 Å². The van der Waals surface area contributed by atoms with Crippen molar-refractivity contribution in [2.45, 2.75) is 18.5 Å². The molecule has 8 heteroatoms. The van der Waals surface area contributed by atoms with Gasteiger partial charge in [-0.1, -0.05) is 84.0 Å². The van der Waals surface area contributed by atoms with Crippen molar-refractivity contribution < 1.29 is 9.59 Å². The van der Waals surface area contributed by atoms with Crippen molar-refractivity contribution in [2.75, 3.05) is 12.3 Å². The molecular formula is C26H23ClN4O2S. The predicted molar refractivity (Wildman–Crippen MR) is 136 cm³/mol. The van der Waals surface area contributed by atoms with Crippen LogP contribution in [0.25, 0.3) is 16.8 Å². The number of hydrogen-bond donors (Lipinski definition) is 1. The molecule has 0 radical (unpaired) electrons. The molecule has 0 unspecified atom stereocenters. The molecule has 0 atom stereocenters. The summed E-state index contributed by atoms with van der Waals surface area (Å²) in [5.74, 6) is 0.797. The minimum absolute atomic E-state index is 0.00468. The van der Waals surface area contributed by atoms with Crippen LogP contribution in [0, 0.1) is 0 Å². The summed E-state index contributed by atoms with van der Waals surface area (Å²) in [7, 11) is 0. The zero-order valence-corrected chi connectivity index (χ0v) is 20.1. The lowest BCUT2D eigenvalue weighted by atomic mass is 10.0. The van der Waals surface area contributed by atoms with Gasteiger partial charge in [-0.3, -0.25) is 14.2 Å². The van der Waals surface area contributed by atoms with Crippen molar-refractivity contribution in [2.24, 2.45) is 0 Å². The van der Waals surface area contributed by atoms with Gasteiger partial charge < -0.3 is 5.32 Å². The topological polar surface area (TPSA) is 76.9 Å². The summed E-state index contributed by atoms with van der Waals surface area (Å²) >= 11 is 7.53. The maximum Gasteiger partial charge on any atom is 0.216 e. The summed E-state index contributed by atoms with van der Waals surface area (Å²) in [6.07, 6.45) is 0.495. The quantitative estimate of drug-likeness (QED) is 0.256. The Bertz CT molecular complexity index is 1290. The molecule has 0 aliphatic carbocycles. The largest absolute Gasteiger partial charge is 0.356 e. The number of nitrogens with zero attached hydrogens (tertiary/aromatic N) is 3. The van der Waals surface area contributed by atoms with Crippen molar-refractivity contribution in [3.63, 3.8) is 0 Å². The van der Waals surface area contributed by atoms with Gasteiger partial charge in [0.2, 0.25) is 5.91 Å². The summed E-state index contributed by atoms with van der Waals surface area (Å²) in [6.45, 7) is 1.91. The fourth-order valence-electron chi connectivity index (χ4n) is 3.47. The second-order valence-electron chi connectivity index (χ2n) is 7.60. The average Bonchev–Trinajstić information content (AvgIpc) is 3.25. The Hall–Kier alpha value is -3.42. The summed E-state index contributed by atoms with van der Waals surface area (Å²) < 4.78 is 1.88. The Kier molecular flexibility index (Phi) is 7.77. The molecule has 1 aromatic heterocycles. The fourth-order valence-corrected chi connectivity index (χ4v) is 4.52. The van der Waals surface area contributed by atoms with Crippen LogP contribution < -0.4 is 5.32 Å². The van der Waals surface area contributed by atoms with Crippen LogP contribution in [-0.2, 0) is 11.2 Å². The van der Waals surface area contributed by atoms with E-state index < -0.39 is 0 Å². The van der Waals surface area contributed by atoms with Crippen molar-refractivity contribution in [3.8, 4) is 16.8 Å². The lowest BCUT2D eigenvalue weighted by molar-refractivity contribution is -0.118. The smallest absolute Gasteiger partial charge is 0.216 e. The van der Waals surface area contributed by atoms with Gasteiger partial charge in [0.15, 0.2) is 10.9 Å². The third-order valence-electron chi connectivity index (χ3n) is 5.14. The van der Waals surface area contributed by atoms with Gasteiger partial charge >= 0.3 is 0 Å². The Morgan fingerprint density at radius 3 is 2.38 bits per heavy atom. The lowest BCUT2D eigenvalue weighted by Gasteiger charge is -2.11. The molecule has 0 bridgehead atoms. The summed E-state index contributed by atoms with van der Waals surface area (Å²) in [5.41, 5.74) is 3.62. The Morgan fingerprint density at radius 1 is 0.941 bits per heavy atom. The van der Waals surface area contributed by atoms with Crippen LogP contribution in [0.1, 0.15) is 23.1 Å². The molecule has 0 spiro atoms. The van der Waals surface area contributed by atoms with Crippen LogP contribution in [-0.4, -0.2) is 38.8 Å². The van der Waals surface area contributed by atoms with Crippen molar-refractivity contribution in [1.82, 2.24) is 20.1 Å². The summed E-state index contributed by atoms with van der Waals surface area (Å²) in [5, 5.41) is 12.6. The van der Waals surface area contributed by atoms with E-state index in [-0.39, 0.29) is 17.4 Å². The van der Waals surface area contributed by atoms with E-state index in [1.807, 2.05) is 77.4 Å². The van der Waals surface area contributed by atoms with Crippen LogP contribution in [0.2, 0.25) is 5.02 Å². The highest BCUT2D eigenvalue weighted by atomic mass is 35.5. The first kappa shape index (κ1) is 23.7. The van der Waals surface area contributed by atoms with Gasteiger partial charge in [-0.2, -0.15) is 0 Å². The number of carbonyl (C=O) groups excluding carboxylic acids is 2. The molecule has 0 fully saturated rings. The van der Waals surface area contributed by atoms with E-state index in [1.54, 1.807) is 6.07 Å². The number of aromatic nitrogens is 3. The Morgan fingerprint density at radius 2 is 1.68 bits per heavy atom. The van der Waals surface area contributed by atoms with Crippen LogP contribution >= 0.6 is 23.4 Å². The zero-order chi connectivity index (χ0) is 23.9. The standard InChI is InChI=1S/C26H23ClN4O2S/c1-18(32)28-15-14-25-29-30-26(31(25)23-9-5-8-22(27)16-23)34-17-24(33)21-12-10-20(11-13-21)19-6-3-2-4-7-19/h2-13,16H,14-15,17H2,1H3,(H,28,32). The number of halogens is 1. The van der Waals surface area contributed by atoms with Gasteiger partial charge in [0, 0.05) is 30.5 Å². The molecule has 34 heavy (non-hydrogen) atoms. The third-order valence-corrected chi connectivity index (χ3v) is 6.30. The number of ketones is 1. The van der Waals surface area contributed by atoms with E-state index >= 15 is 0 Å². The predicted octanol–water partition coefficient (Wildman–Crippen LogP) is 5.24. The monoisotopic (exact) mass is 490 g/mol. The Labute approximate surface area is 207 Å². The molecule has 172 valence electrons. The number of amides is 1. The number of carbonyl (C=O) groups is 2. The van der Waals surface area contributed by atoms with E-state index in [4.69, 9.17) is 11.6 Å². The van der Waals surface area contributed by atoms with Crippen molar-refractivity contribution >= 4 is 35.1 Å². The molecule has 0 aliphatic rings. The van der Waals surface area contributed by atoms with Crippen molar-refractivity contribution in [1.29, 1.82) is 0 Å². The van der Waals surface area contributed by atoms with Crippen LogP contribution in [0.15, 0.2) is 84.0 Å². The van der Waals surface area contributed by atoms with Crippen molar-refractivity contribution in [3.05, 3.63) is 95.3 Å². The molecule has 0 saturated carbocycles. The molecule has 1 heterocycles. The van der Waals surface area contributed by atoms with E-state index in [9.17, 15) is 9.59 Å². The minimum Gasteiger partial charge on any atom is -0.356 e. The normalized spacial score (nSPS) is 10.8. The first-order valence-corrected chi connectivity index (χ1v) is 12.1. The molecule has 1 N–H and O–H groups in total. The molecule has 1 amide bonds. The molecule has 3 aromatic carbocycles. The number of Topliss-reactive ketones (excluding diaryl/α,β-unsaturated/α-hetero) is 1. The highest BCUT2D eigenvalue weighted by Gasteiger charge is 2.17. The van der Waals surface area contributed by atoms with Crippen LogP contribution in [0.3, 0.4) is 0 Å². The molecular weight excluding hydrogens is 468 g/mol. The van der Waals surface area contributed by atoms with E-state index in [0.29, 0.717) is 34.5 Å². The van der Waals surface area contributed by atoms with Crippen LogP contribution in [0.5, 0.6) is 0 Å². The zero-order valence-electron chi connectivity index (χ0n) is 18.6. The maximum absolute atomic E-state index is 12.9. The minimum atomic E-state index is -0.104. The van der Waals surface area contributed by atoms with Gasteiger partial charge in [0.25, 0.3) is 0 Å². The number of thioether (sulfide) groups is 1. The maximum atomic E-state index is 12.9. The van der Waals surface area contributed by atoms with E-state index in [1.165, 1.54) is 18.7 Å². The molecule has 0 saturated heterocycles. The van der Waals surface area contributed by atoms with E-state index in [2.05, 4.69) is 15.5 Å². The second kappa shape index (κ2) is 11.1. The highest BCUT2D eigenvalue weighted by molar-refractivity contribution is 7.99. The first-order chi connectivity index (χ1) is 16.5. The summed E-state index contributed by atoms with van der Waals surface area (Å²) in [4.78, 5) is 24.1. The lowest BCUT2D eigenvalue weighted by Crippen LogP contribution is -2.23. The number of rotatable bonds is 9. The molecule has 4 aromatic rings. The van der Waals surface area contributed by atoms with Gasteiger partial charge in [0.1, 0.15) is 5.82 Å². The molecule has 0 aliphatic heterocycles. The summed E-state index contributed by atoms with van der Waals surface area (Å²) in [6, 6.07) is 25.0. The van der Waals surface area contributed by atoms with E-state index in [0.717, 1.165) is 16.8 Å². The van der Waals surface area contributed by atoms with Gasteiger partial charge in [-0.15, -0.1) is 10.2 Å². The number of nitrogens with one attached hydrogen (secondary N) is 1. The molecule has 6 nitrogen and oxygen atoms in total. The van der Waals surface area contributed by atoms with Crippen LogP contribution in [0.4, 0.5) is 0 Å². The van der Waals surface area contributed by atoms with Gasteiger partial charge in [-0.25, -0.2) is 0 Å². The number of hydrogen-bond acceptors (Lipinski definition) is 5. The average molecular weight is 491 g/mol. The SMILES string of the molecule is CC(=O)NCCc1nnc(SCC(=O)c2ccc(-c3ccccc3)cc2)n1-c1cccc(Cl)c1. The first-order valence-electron chi connectivity index (χ1n) is 10.8.